The first-order chi connectivity index (χ1) is 9.65. The Morgan fingerprint density at radius 3 is 2.80 bits per heavy atom. The first-order valence-corrected chi connectivity index (χ1v) is 7.94. The molecule has 5 heteroatoms. The van der Waals surface area contributed by atoms with Crippen LogP contribution in [0, 0.1) is 11.8 Å². The van der Waals surface area contributed by atoms with Crippen LogP contribution in [-0.4, -0.2) is 22.8 Å². The third kappa shape index (κ3) is 4.78. The van der Waals surface area contributed by atoms with Crippen LogP contribution in [0.2, 0.25) is 0 Å². The smallest absolute Gasteiger partial charge is 0.315 e. The van der Waals surface area contributed by atoms with E-state index in [0.717, 1.165) is 6.54 Å². The molecule has 0 radical (unpaired) electrons. The van der Waals surface area contributed by atoms with Gasteiger partial charge in [0.1, 0.15) is 0 Å². The van der Waals surface area contributed by atoms with Crippen molar-refractivity contribution >= 4 is 6.01 Å². The van der Waals surface area contributed by atoms with Crippen molar-refractivity contribution in [2.45, 2.75) is 65.5 Å². The fraction of sp³-hybridized carbons (Fsp3) is 0.867. The van der Waals surface area contributed by atoms with Crippen LogP contribution >= 0.6 is 0 Å². The van der Waals surface area contributed by atoms with Crippen molar-refractivity contribution in [2.24, 2.45) is 11.8 Å². The zero-order valence-electron chi connectivity index (χ0n) is 13.0. The van der Waals surface area contributed by atoms with Crippen LogP contribution in [0.15, 0.2) is 4.42 Å². The standard InChI is InChI=1S/C15H28N4O/c1-11(2)9-16-10-14-18-19-15(20-14)17-13-8-6-4-5-7-12(13)3/h11-13,16H,4-10H2,1-3H3,(H,17,19). The van der Waals surface area contributed by atoms with E-state index in [1.165, 1.54) is 32.1 Å². The van der Waals surface area contributed by atoms with Crippen molar-refractivity contribution in [3.63, 3.8) is 0 Å². The van der Waals surface area contributed by atoms with Crippen molar-refractivity contribution in [1.82, 2.24) is 15.5 Å². The topological polar surface area (TPSA) is 63.0 Å². The Hall–Kier alpha value is -1.10. The number of nitrogens with one attached hydrogen (secondary N) is 2. The highest BCUT2D eigenvalue weighted by Gasteiger charge is 2.21. The van der Waals surface area contributed by atoms with E-state index >= 15 is 0 Å². The Morgan fingerprint density at radius 2 is 2.00 bits per heavy atom. The maximum absolute atomic E-state index is 5.66. The van der Waals surface area contributed by atoms with Crippen LogP contribution in [0.4, 0.5) is 6.01 Å². The lowest BCUT2D eigenvalue weighted by molar-refractivity contribution is 0.425. The van der Waals surface area contributed by atoms with Gasteiger partial charge in [0.25, 0.3) is 0 Å². The summed E-state index contributed by atoms with van der Waals surface area (Å²) in [5, 5.41) is 14.9. The van der Waals surface area contributed by atoms with Crippen molar-refractivity contribution in [3.8, 4) is 0 Å². The quantitative estimate of drug-likeness (QED) is 0.784. The van der Waals surface area contributed by atoms with Crippen LogP contribution in [0.25, 0.3) is 0 Å². The highest BCUT2D eigenvalue weighted by molar-refractivity contribution is 5.20. The summed E-state index contributed by atoms with van der Waals surface area (Å²) in [7, 11) is 0. The minimum absolute atomic E-state index is 0.467. The van der Waals surface area contributed by atoms with Crippen LogP contribution in [0.1, 0.15) is 58.8 Å². The average Bonchev–Trinajstić information content (AvgIpc) is 2.74. The molecule has 5 nitrogen and oxygen atoms in total. The monoisotopic (exact) mass is 280 g/mol. The van der Waals surface area contributed by atoms with Crippen molar-refractivity contribution in [1.29, 1.82) is 0 Å². The molecule has 2 rings (SSSR count). The molecule has 0 spiro atoms. The summed E-state index contributed by atoms with van der Waals surface area (Å²) in [6.07, 6.45) is 6.46. The molecule has 1 heterocycles. The molecular formula is C15H28N4O. The van der Waals surface area contributed by atoms with Crippen molar-refractivity contribution in [3.05, 3.63) is 5.89 Å². The third-order valence-electron chi connectivity index (χ3n) is 3.97. The zero-order chi connectivity index (χ0) is 14.4. The van der Waals surface area contributed by atoms with E-state index in [2.05, 4.69) is 41.6 Å². The van der Waals surface area contributed by atoms with Gasteiger partial charge in [-0.2, -0.15) is 0 Å². The molecule has 0 saturated heterocycles. The molecule has 0 aromatic carbocycles. The third-order valence-corrected chi connectivity index (χ3v) is 3.97. The van der Waals surface area contributed by atoms with Gasteiger partial charge in [0, 0.05) is 6.04 Å². The lowest BCUT2D eigenvalue weighted by atomic mass is 9.97. The summed E-state index contributed by atoms with van der Waals surface area (Å²) >= 11 is 0. The van der Waals surface area contributed by atoms with Gasteiger partial charge in [-0.1, -0.05) is 45.1 Å². The van der Waals surface area contributed by atoms with Gasteiger partial charge in [-0.3, -0.25) is 0 Å². The Balaban J connectivity index is 1.82. The number of rotatable bonds is 6. The highest BCUT2D eigenvalue weighted by atomic mass is 16.4. The van der Waals surface area contributed by atoms with Gasteiger partial charge in [-0.15, -0.1) is 5.10 Å². The van der Waals surface area contributed by atoms with Gasteiger partial charge in [-0.05, 0) is 31.2 Å². The fourth-order valence-corrected chi connectivity index (χ4v) is 2.72. The molecule has 1 saturated carbocycles. The van der Waals surface area contributed by atoms with E-state index in [1.807, 2.05) is 0 Å². The minimum Gasteiger partial charge on any atom is -0.407 e. The van der Waals surface area contributed by atoms with Gasteiger partial charge in [-0.25, -0.2) is 0 Å². The van der Waals surface area contributed by atoms with Crippen LogP contribution < -0.4 is 10.6 Å². The van der Waals surface area contributed by atoms with Gasteiger partial charge < -0.3 is 15.1 Å². The van der Waals surface area contributed by atoms with E-state index in [0.29, 0.717) is 36.3 Å². The van der Waals surface area contributed by atoms with E-state index in [-0.39, 0.29) is 0 Å². The van der Waals surface area contributed by atoms with Crippen molar-refractivity contribution < 1.29 is 4.42 Å². The normalized spacial score (nSPS) is 23.8. The van der Waals surface area contributed by atoms with Crippen LogP contribution in [-0.2, 0) is 6.54 Å². The number of nitrogens with zero attached hydrogens (tertiary/aromatic N) is 2. The van der Waals surface area contributed by atoms with Crippen molar-refractivity contribution in [2.75, 3.05) is 11.9 Å². The molecule has 0 amide bonds. The first-order valence-electron chi connectivity index (χ1n) is 7.94. The zero-order valence-corrected chi connectivity index (χ0v) is 13.0. The Morgan fingerprint density at radius 1 is 1.20 bits per heavy atom. The summed E-state index contributed by atoms with van der Waals surface area (Å²) in [6.45, 7) is 8.28. The molecule has 1 aliphatic carbocycles. The summed E-state index contributed by atoms with van der Waals surface area (Å²) in [6, 6.07) is 1.04. The molecule has 2 N–H and O–H groups in total. The molecule has 2 atom stereocenters. The molecular weight excluding hydrogens is 252 g/mol. The fourth-order valence-electron chi connectivity index (χ4n) is 2.72. The summed E-state index contributed by atoms with van der Waals surface area (Å²) in [5.74, 6) is 1.96. The molecule has 2 unspecified atom stereocenters. The number of hydrogen-bond acceptors (Lipinski definition) is 5. The summed E-state index contributed by atoms with van der Waals surface area (Å²) in [4.78, 5) is 0. The van der Waals surface area contributed by atoms with E-state index in [9.17, 15) is 0 Å². The number of anilines is 1. The van der Waals surface area contributed by atoms with E-state index < -0.39 is 0 Å². The molecule has 0 aliphatic heterocycles. The Kier molecular flexibility index (Phi) is 5.83. The molecule has 1 aromatic rings. The van der Waals surface area contributed by atoms with Crippen LogP contribution in [0.5, 0.6) is 0 Å². The molecule has 1 aromatic heterocycles. The Bertz CT molecular complexity index is 391. The van der Waals surface area contributed by atoms with Crippen LogP contribution in [0.3, 0.4) is 0 Å². The lowest BCUT2D eigenvalue weighted by Crippen LogP contribution is -2.26. The SMILES string of the molecule is CC(C)CNCc1nnc(NC2CCCCCC2C)o1. The maximum Gasteiger partial charge on any atom is 0.315 e. The predicted molar refractivity (Wildman–Crippen MR) is 80.5 cm³/mol. The van der Waals surface area contributed by atoms with Gasteiger partial charge >= 0.3 is 6.01 Å². The summed E-state index contributed by atoms with van der Waals surface area (Å²) < 4.78 is 5.66. The molecule has 1 aliphatic rings. The van der Waals surface area contributed by atoms with Gasteiger partial charge in [0.05, 0.1) is 6.54 Å². The highest BCUT2D eigenvalue weighted by Crippen LogP contribution is 2.25. The van der Waals surface area contributed by atoms with E-state index in [1.54, 1.807) is 0 Å². The molecule has 1 fully saturated rings. The first kappa shape index (κ1) is 15.3. The largest absolute Gasteiger partial charge is 0.407 e. The molecule has 114 valence electrons. The van der Waals surface area contributed by atoms with E-state index in [4.69, 9.17) is 4.42 Å². The maximum atomic E-state index is 5.66. The van der Waals surface area contributed by atoms with Gasteiger partial charge in [0.15, 0.2) is 0 Å². The predicted octanol–water partition coefficient (Wildman–Crippen LogP) is 3.20. The summed E-state index contributed by atoms with van der Waals surface area (Å²) in [5.41, 5.74) is 0. The molecule has 20 heavy (non-hydrogen) atoms. The Labute approximate surface area is 121 Å². The number of hydrogen-bond donors (Lipinski definition) is 2. The second kappa shape index (κ2) is 7.62. The molecule has 0 bridgehead atoms. The minimum atomic E-state index is 0.467. The second-order valence-electron chi connectivity index (χ2n) is 6.39. The number of aromatic nitrogens is 2. The lowest BCUT2D eigenvalue weighted by Gasteiger charge is -2.21. The average molecular weight is 280 g/mol. The van der Waals surface area contributed by atoms with Gasteiger partial charge in [0.2, 0.25) is 5.89 Å². The second-order valence-corrected chi connectivity index (χ2v) is 6.39.